The highest BCUT2D eigenvalue weighted by Crippen LogP contribution is 2.23. The number of carbonyl (C=O) groups is 2. The summed E-state index contributed by atoms with van der Waals surface area (Å²) in [4.78, 5) is 32.5. The molecule has 142 valence electrons. The van der Waals surface area contributed by atoms with E-state index in [1.807, 2.05) is 24.1 Å². The van der Waals surface area contributed by atoms with Crippen molar-refractivity contribution < 1.29 is 9.59 Å². The molecule has 2 aromatic rings. The van der Waals surface area contributed by atoms with Gasteiger partial charge >= 0.3 is 0 Å². The fourth-order valence-electron chi connectivity index (χ4n) is 3.51. The van der Waals surface area contributed by atoms with Crippen LogP contribution in [0.3, 0.4) is 0 Å². The lowest BCUT2D eigenvalue weighted by Crippen LogP contribution is -2.39. The minimum atomic E-state index is -0.464. The molecule has 0 saturated carbocycles. The van der Waals surface area contributed by atoms with Crippen LogP contribution in [0.15, 0.2) is 48.8 Å². The van der Waals surface area contributed by atoms with E-state index in [-0.39, 0.29) is 18.4 Å². The van der Waals surface area contributed by atoms with Crippen LogP contribution in [0, 0.1) is 0 Å². The van der Waals surface area contributed by atoms with Gasteiger partial charge in [0, 0.05) is 31.5 Å². The molecule has 1 atom stereocenters. The van der Waals surface area contributed by atoms with Crippen LogP contribution in [0.4, 0.5) is 0 Å². The monoisotopic (exact) mass is 366 g/mol. The summed E-state index contributed by atoms with van der Waals surface area (Å²) in [6.07, 6.45) is 6.26. The second kappa shape index (κ2) is 8.77. The summed E-state index contributed by atoms with van der Waals surface area (Å²) in [5.74, 6) is -0.420. The number of hydrogen-bond acceptors (Lipinski definition) is 4. The average molecular weight is 366 g/mol. The van der Waals surface area contributed by atoms with Gasteiger partial charge in [-0.25, -0.2) is 0 Å². The zero-order chi connectivity index (χ0) is 19.2. The third-order valence-electron chi connectivity index (χ3n) is 5.18. The van der Waals surface area contributed by atoms with Crippen LogP contribution in [0.5, 0.6) is 0 Å². The quantitative estimate of drug-likeness (QED) is 0.813. The van der Waals surface area contributed by atoms with Crippen molar-refractivity contribution in [2.75, 3.05) is 26.7 Å². The van der Waals surface area contributed by atoms with Gasteiger partial charge in [0.15, 0.2) is 0 Å². The lowest BCUT2D eigenvalue weighted by Gasteiger charge is -2.32. The Bertz CT molecular complexity index is 771. The van der Waals surface area contributed by atoms with Gasteiger partial charge in [-0.1, -0.05) is 12.1 Å². The zero-order valence-electron chi connectivity index (χ0n) is 15.7. The Kier molecular flexibility index (Phi) is 6.19. The van der Waals surface area contributed by atoms with Crippen LogP contribution in [0.25, 0.3) is 0 Å². The minimum absolute atomic E-state index is 0.0107. The Hall–Kier alpha value is -2.73. The van der Waals surface area contributed by atoms with Crippen LogP contribution in [0.2, 0.25) is 0 Å². The third kappa shape index (κ3) is 4.92. The summed E-state index contributed by atoms with van der Waals surface area (Å²) in [7, 11) is 1.86. The molecule has 1 fully saturated rings. The van der Waals surface area contributed by atoms with Crippen LogP contribution in [0.1, 0.15) is 40.4 Å². The predicted molar refractivity (Wildman–Crippen MR) is 104 cm³/mol. The van der Waals surface area contributed by atoms with Crippen LogP contribution in [-0.4, -0.2) is 53.3 Å². The molecule has 6 heteroatoms. The number of nitrogens with two attached hydrogens (primary N) is 1. The van der Waals surface area contributed by atoms with Gasteiger partial charge in [0.2, 0.25) is 11.8 Å². The van der Waals surface area contributed by atoms with E-state index >= 15 is 0 Å². The molecule has 0 aliphatic carbocycles. The van der Waals surface area contributed by atoms with E-state index in [1.54, 1.807) is 36.7 Å². The number of likely N-dealkylation sites (N-methyl/N-ethyl adjacent to an activating group) is 1. The van der Waals surface area contributed by atoms with Crippen LogP contribution in [-0.2, 0) is 11.2 Å². The van der Waals surface area contributed by atoms with E-state index in [4.69, 9.17) is 5.73 Å². The molecule has 1 aromatic heterocycles. The Labute approximate surface area is 160 Å². The largest absolute Gasteiger partial charge is 0.366 e. The van der Waals surface area contributed by atoms with Crippen molar-refractivity contribution in [3.8, 4) is 0 Å². The first-order valence-electron chi connectivity index (χ1n) is 9.31. The number of pyridine rings is 1. The maximum absolute atomic E-state index is 12.9. The van der Waals surface area contributed by atoms with Gasteiger partial charge < -0.3 is 15.5 Å². The molecule has 2 heterocycles. The normalized spacial score (nSPS) is 15.4. The molecule has 2 N–H and O–H groups in total. The first-order chi connectivity index (χ1) is 13.0. The van der Waals surface area contributed by atoms with Crippen molar-refractivity contribution in [1.82, 2.24) is 14.8 Å². The first-order valence-corrected chi connectivity index (χ1v) is 9.31. The van der Waals surface area contributed by atoms with Crippen molar-refractivity contribution in [2.24, 2.45) is 5.73 Å². The summed E-state index contributed by atoms with van der Waals surface area (Å²) in [6.45, 7) is 2.99. The summed E-state index contributed by atoms with van der Waals surface area (Å²) >= 11 is 0. The number of carbonyl (C=O) groups excluding carboxylic acids is 2. The first kappa shape index (κ1) is 19.0. The standard InChI is InChI=1S/C21H26N4O2/c1-24(20(26)14-16-4-6-18(7-5-16)21(22)27)19(15-25-12-2-3-13-25)17-8-10-23-11-9-17/h4-11,19H,2-3,12-15H2,1H3,(H2,22,27). The minimum Gasteiger partial charge on any atom is -0.366 e. The molecule has 1 aromatic carbocycles. The maximum atomic E-state index is 12.9. The van der Waals surface area contributed by atoms with Crippen molar-refractivity contribution in [1.29, 1.82) is 0 Å². The zero-order valence-corrected chi connectivity index (χ0v) is 15.7. The topological polar surface area (TPSA) is 79.5 Å². The molecule has 2 amide bonds. The van der Waals surface area contributed by atoms with Crippen molar-refractivity contribution in [2.45, 2.75) is 25.3 Å². The van der Waals surface area contributed by atoms with Gasteiger partial charge in [0.05, 0.1) is 12.5 Å². The Balaban J connectivity index is 1.72. The summed E-state index contributed by atoms with van der Waals surface area (Å²) in [5.41, 5.74) is 7.68. The fraction of sp³-hybridized carbons (Fsp3) is 0.381. The van der Waals surface area contributed by atoms with Crippen molar-refractivity contribution >= 4 is 11.8 Å². The number of hydrogen-bond donors (Lipinski definition) is 1. The van der Waals surface area contributed by atoms with E-state index in [0.29, 0.717) is 5.56 Å². The molecule has 1 saturated heterocycles. The highest BCUT2D eigenvalue weighted by molar-refractivity contribution is 5.92. The van der Waals surface area contributed by atoms with Gasteiger partial charge in [-0.05, 0) is 61.3 Å². The second-order valence-corrected chi connectivity index (χ2v) is 7.05. The number of aromatic nitrogens is 1. The molecule has 0 radical (unpaired) electrons. The molecular formula is C21H26N4O2. The smallest absolute Gasteiger partial charge is 0.248 e. The lowest BCUT2D eigenvalue weighted by atomic mass is 10.0. The summed E-state index contributed by atoms with van der Waals surface area (Å²) in [5, 5.41) is 0. The molecular weight excluding hydrogens is 340 g/mol. The highest BCUT2D eigenvalue weighted by atomic mass is 16.2. The molecule has 0 spiro atoms. The van der Waals surface area contributed by atoms with E-state index < -0.39 is 5.91 Å². The Morgan fingerprint density at radius 2 is 1.74 bits per heavy atom. The van der Waals surface area contributed by atoms with E-state index in [0.717, 1.165) is 30.8 Å². The number of amides is 2. The summed E-state index contributed by atoms with van der Waals surface area (Å²) in [6, 6.07) is 10.8. The molecule has 1 aliphatic rings. The summed E-state index contributed by atoms with van der Waals surface area (Å²) < 4.78 is 0. The number of benzene rings is 1. The van der Waals surface area contributed by atoms with Gasteiger partial charge in [0.25, 0.3) is 0 Å². The van der Waals surface area contributed by atoms with E-state index in [2.05, 4.69) is 9.88 Å². The van der Waals surface area contributed by atoms with Gasteiger partial charge in [-0.15, -0.1) is 0 Å². The van der Waals surface area contributed by atoms with Crippen molar-refractivity contribution in [3.05, 3.63) is 65.5 Å². The van der Waals surface area contributed by atoms with Crippen LogP contribution >= 0.6 is 0 Å². The van der Waals surface area contributed by atoms with Gasteiger partial charge in [-0.2, -0.15) is 0 Å². The third-order valence-corrected chi connectivity index (χ3v) is 5.18. The second-order valence-electron chi connectivity index (χ2n) is 7.05. The molecule has 3 rings (SSSR count). The maximum Gasteiger partial charge on any atom is 0.248 e. The Morgan fingerprint density at radius 1 is 1.11 bits per heavy atom. The lowest BCUT2D eigenvalue weighted by molar-refractivity contribution is -0.131. The number of primary amides is 1. The SMILES string of the molecule is CN(C(=O)Cc1ccc(C(N)=O)cc1)C(CN1CCCC1)c1ccncc1. The number of rotatable bonds is 7. The van der Waals surface area contributed by atoms with Gasteiger partial charge in [-0.3, -0.25) is 14.6 Å². The number of nitrogens with zero attached hydrogens (tertiary/aromatic N) is 3. The van der Waals surface area contributed by atoms with Gasteiger partial charge in [0.1, 0.15) is 0 Å². The fourth-order valence-corrected chi connectivity index (χ4v) is 3.51. The van der Waals surface area contributed by atoms with E-state index in [1.165, 1.54) is 12.8 Å². The molecule has 1 aliphatic heterocycles. The average Bonchev–Trinajstić information content (AvgIpc) is 3.20. The van der Waals surface area contributed by atoms with Crippen LogP contribution < -0.4 is 5.73 Å². The molecule has 27 heavy (non-hydrogen) atoms. The highest BCUT2D eigenvalue weighted by Gasteiger charge is 2.25. The van der Waals surface area contributed by atoms with Crippen molar-refractivity contribution in [3.63, 3.8) is 0 Å². The Morgan fingerprint density at radius 3 is 2.33 bits per heavy atom. The van der Waals surface area contributed by atoms with E-state index in [9.17, 15) is 9.59 Å². The number of likely N-dealkylation sites (tertiary alicyclic amines) is 1. The molecule has 1 unspecified atom stereocenters. The molecule has 0 bridgehead atoms. The predicted octanol–water partition coefficient (Wildman–Crippen LogP) is 2.02. The molecule has 6 nitrogen and oxygen atoms in total.